The van der Waals surface area contributed by atoms with Gasteiger partial charge in [0.25, 0.3) is 15.9 Å². The van der Waals surface area contributed by atoms with Crippen molar-refractivity contribution in [2.24, 2.45) is 0 Å². The number of hydrogen-bond donors (Lipinski definition) is 1. The van der Waals surface area contributed by atoms with E-state index >= 15 is 0 Å². The largest absolute Gasteiger partial charge is 0.438 e. The van der Waals surface area contributed by atoms with E-state index in [1.165, 1.54) is 12.1 Å². The van der Waals surface area contributed by atoms with Crippen LogP contribution in [0.25, 0.3) is 0 Å². The van der Waals surface area contributed by atoms with E-state index in [0.29, 0.717) is 19.7 Å². The SMILES string of the molecule is CC(C)(C)NS(=O)(=O)c1ccc(C(=O)N(Cc2cccs2)CC2CCCO2)o1. The average molecular weight is 427 g/mol. The Morgan fingerprint density at radius 3 is 2.71 bits per heavy atom. The van der Waals surface area contributed by atoms with E-state index in [2.05, 4.69) is 4.72 Å². The first-order valence-electron chi connectivity index (χ1n) is 9.21. The van der Waals surface area contributed by atoms with Crippen LogP contribution in [-0.2, 0) is 21.3 Å². The molecule has 28 heavy (non-hydrogen) atoms. The van der Waals surface area contributed by atoms with Gasteiger partial charge < -0.3 is 14.1 Å². The van der Waals surface area contributed by atoms with Crippen LogP contribution in [0, 0.1) is 0 Å². The highest BCUT2D eigenvalue weighted by Crippen LogP contribution is 2.22. The molecule has 0 aromatic carbocycles. The monoisotopic (exact) mass is 426 g/mol. The molecule has 1 aliphatic heterocycles. The van der Waals surface area contributed by atoms with Crippen LogP contribution in [0.15, 0.2) is 39.2 Å². The van der Waals surface area contributed by atoms with Crippen LogP contribution in [-0.4, -0.2) is 44.0 Å². The predicted molar refractivity (Wildman–Crippen MR) is 107 cm³/mol. The lowest BCUT2D eigenvalue weighted by Crippen LogP contribution is -2.40. The second-order valence-electron chi connectivity index (χ2n) is 7.87. The summed E-state index contributed by atoms with van der Waals surface area (Å²) in [5.74, 6) is -0.343. The van der Waals surface area contributed by atoms with Crippen LogP contribution in [0.4, 0.5) is 0 Å². The van der Waals surface area contributed by atoms with Crippen LogP contribution in [0.3, 0.4) is 0 Å². The maximum atomic E-state index is 13.1. The summed E-state index contributed by atoms with van der Waals surface area (Å²) < 4.78 is 38.5. The summed E-state index contributed by atoms with van der Waals surface area (Å²) >= 11 is 1.57. The van der Waals surface area contributed by atoms with Gasteiger partial charge in [-0.3, -0.25) is 4.79 Å². The number of nitrogens with one attached hydrogen (secondary N) is 1. The molecule has 2 aromatic heterocycles. The average Bonchev–Trinajstić information content (AvgIpc) is 3.34. The number of amides is 1. The van der Waals surface area contributed by atoms with E-state index < -0.39 is 15.6 Å². The van der Waals surface area contributed by atoms with Crippen LogP contribution < -0.4 is 4.72 Å². The summed E-state index contributed by atoms with van der Waals surface area (Å²) in [6.07, 6.45) is 1.87. The lowest BCUT2D eigenvalue weighted by atomic mass is 10.1. The normalized spacial score (nSPS) is 17.8. The third-order valence-electron chi connectivity index (χ3n) is 4.16. The quantitative estimate of drug-likeness (QED) is 0.734. The molecule has 1 aliphatic rings. The fourth-order valence-electron chi connectivity index (χ4n) is 3.03. The number of thiophene rings is 1. The Hall–Kier alpha value is -1.68. The number of sulfonamides is 1. The number of ether oxygens (including phenoxy) is 1. The Bertz CT molecular complexity index is 891. The highest BCUT2D eigenvalue weighted by atomic mass is 32.2. The zero-order valence-electron chi connectivity index (χ0n) is 16.3. The molecule has 1 unspecified atom stereocenters. The Balaban J connectivity index is 1.79. The number of furan rings is 1. The summed E-state index contributed by atoms with van der Waals surface area (Å²) in [4.78, 5) is 15.8. The van der Waals surface area contributed by atoms with Crippen molar-refractivity contribution in [3.05, 3.63) is 40.3 Å². The summed E-state index contributed by atoms with van der Waals surface area (Å²) in [7, 11) is -3.84. The van der Waals surface area contributed by atoms with Crippen molar-refractivity contribution in [3.63, 3.8) is 0 Å². The smallest absolute Gasteiger partial charge is 0.290 e. The molecule has 1 atom stereocenters. The molecule has 1 fully saturated rings. The molecule has 0 aliphatic carbocycles. The molecule has 2 aromatic rings. The van der Waals surface area contributed by atoms with Crippen molar-refractivity contribution < 1.29 is 22.4 Å². The van der Waals surface area contributed by atoms with Gasteiger partial charge in [-0.2, -0.15) is 0 Å². The topological polar surface area (TPSA) is 88.9 Å². The molecule has 9 heteroatoms. The van der Waals surface area contributed by atoms with Gasteiger partial charge in [-0.05, 0) is 57.2 Å². The first-order chi connectivity index (χ1) is 13.1. The van der Waals surface area contributed by atoms with E-state index in [1.807, 2.05) is 17.5 Å². The van der Waals surface area contributed by atoms with Gasteiger partial charge in [0, 0.05) is 23.6 Å². The van der Waals surface area contributed by atoms with E-state index in [0.717, 1.165) is 17.7 Å². The van der Waals surface area contributed by atoms with Crippen LogP contribution in [0.5, 0.6) is 0 Å². The molecule has 0 bridgehead atoms. The highest BCUT2D eigenvalue weighted by Gasteiger charge is 2.29. The Morgan fingerprint density at radius 1 is 1.32 bits per heavy atom. The van der Waals surface area contributed by atoms with Gasteiger partial charge in [0.05, 0.1) is 12.6 Å². The molecular weight excluding hydrogens is 400 g/mol. The van der Waals surface area contributed by atoms with Crippen molar-refractivity contribution in [1.82, 2.24) is 9.62 Å². The molecule has 1 N–H and O–H groups in total. The number of carbonyl (C=O) groups is 1. The van der Waals surface area contributed by atoms with Gasteiger partial charge in [-0.1, -0.05) is 6.07 Å². The molecule has 3 heterocycles. The zero-order valence-corrected chi connectivity index (χ0v) is 17.9. The second kappa shape index (κ2) is 8.36. The van der Waals surface area contributed by atoms with Crippen molar-refractivity contribution in [1.29, 1.82) is 0 Å². The van der Waals surface area contributed by atoms with Crippen LogP contribution >= 0.6 is 11.3 Å². The summed E-state index contributed by atoms with van der Waals surface area (Å²) in [5.41, 5.74) is -0.652. The molecule has 1 saturated heterocycles. The maximum Gasteiger partial charge on any atom is 0.290 e. The molecule has 0 saturated carbocycles. The van der Waals surface area contributed by atoms with Crippen molar-refractivity contribution in [2.75, 3.05) is 13.2 Å². The Kier molecular flexibility index (Phi) is 6.28. The molecule has 154 valence electrons. The predicted octanol–water partition coefficient (Wildman–Crippen LogP) is 3.24. The summed E-state index contributed by atoms with van der Waals surface area (Å²) in [6, 6.07) is 6.63. The van der Waals surface area contributed by atoms with Crippen LogP contribution in [0.2, 0.25) is 0 Å². The lowest BCUT2D eigenvalue weighted by molar-refractivity contribution is 0.0482. The van der Waals surface area contributed by atoms with Gasteiger partial charge in [0.15, 0.2) is 5.76 Å². The highest BCUT2D eigenvalue weighted by molar-refractivity contribution is 7.89. The van der Waals surface area contributed by atoms with E-state index in [-0.39, 0.29) is 22.9 Å². The fraction of sp³-hybridized carbons (Fsp3) is 0.526. The molecule has 0 radical (unpaired) electrons. The minimum Gasteiger partial charge on any atom is -0.438 e. The molecular formula is C19H26N2O5S2. The number of rotatable bonds is 7. The standard InChI is InChI=1S/C19H26N2O5S2/c1-19(2,3)20-28(23,24)17-9-8-16(26-17)18(22)21(12-14-6-4-10-25-14)13-15-7-5-11-27-15/h5,7-9,11,14,20H,4,6,10,12-13H2,1-3H3. The van der Waals surface area contributed by atoms with Gasteiger partial charge in [-0.25, -0.2) is 13.1 Å². The van der Waals surface area contributed by atoms with E-state index in [1.54, 1.807) is 37.0 Å². The van der Waals surface area contributed by atoms with Crippen LogP contribution in [0.1, 0.15) is 49.0 Å². The zero-order chi connectivity index (χ0) is 20.4. The van der Waals surface area contributed by atoms with Gasteiger partial charge in [0.2, 0.25) is 5.09 Å². The first-order valence-corrected chi connectivity index (χ1v) is 11.6. The molecule has 7 nitrogen and oxygen atoms in total. The number of nitrogens with zero attached hydrogens (tertiary/aromatic N) is 1. The van der Waals surface area contributed by atoms with E-state index in [4.69, 9.17) is 9.15 Å². The van der Waals surface area contributed by atoms with Gasteiger partial charge in [0.1, 0.15) is 0 Å². The second-order valence-corrected chi connectivity index (χ2v) is 10.5. The fourth-order valence-corrected chi connectivity index (χ4v) is 5.11. The number of hydrogen-bond acceptors (Lipinski definition) is 6. The van der Waals surface area contributed by atoms with Crippen molar-refractivity contribution >= 4 is 27.3 Å². The maximum absolute atomic E-state index is 13.1. The minimum absolute atomic E-state index is 0.00355. The Morgan fingerprint density at radius 2 is 2.11 bits per heavy atom. The molecule has 1 amide bonds. The van der Waals surface area contributed by atoms with Gasteiger partial charge in [-0.15, -0.1) is 11.3 Å². The lowest BCUT2D eigenvalue weighted by Gasteiger charge is -2.24. The third-order valence-corrected chi connectivity index (χ3v) is 6.65. The van der Waals surface area contributed by atoms with Crippen molar-refractivity contribution in [2.45, 2.75) is 56.9 Å². The first kappa shape index (κ1) is 21.0. The third kappa shape index (κ3) is 5.44. The summed E-state index contributed by atoms with van der Waals surface area (Å²) in [6.45, 7) is 6.80. The molecule has 3 rings (SSSR count). The Labute approximate surface area is 169 Å². The van der Waals surface area contributed by atoms with Crippen molar-refractivity contribution in [3.8, 4) is 0 Å². The number of carbonyl (C=O) groups excluding carboxylic acids is 1. The minimum atomic E-state index is -3.84. The summed E-state index contributed by atoms with van der Waals surface area (Å²) in [5, 5.41) is 1.69. The molecule has 0 spiro atoms. The van der Waals surface area contributed by atoms with E-state index in [9.17, 15) is 13.2 Å². The van der Waals surface area contributed by atoms with Gasteiger partial charge >= 0.3 is 0 Å².